The van der Waals surface area contributed by atoms with Crippen LogP contribution >= 0.6 is 23.1 Å². The highest BCUT2D eigenvalue weighted by Crippen LogP contribution is 2.25. The van der Waals surface area contributed by atoms with Gasteiger partial charge in [-0.2, -0.15) is 0 Å². The molecule has 0 saturated carbocycles. The average molecular weight is 326 g/mol. The van der Waals surface area contributed by atoms with Crippen molar-refractivity contribution in [3.8, 4) is 0 Å². The first kappa shape index (κ1) is 16.0. The van der Waals surface area contributed by atoms with E-state index in [1.807, 2.05) is 31.0 Å². The molecule has 2 heterocycles. The molecule has 0 radical (unpaired) electrons. The molecule has 0 aliphatic carbocycles. The van der Waals surface area contributed by atoms with Crippen LogP contribution in [0.1, 0.15) is 25.6 Å². The van der Waals surface area contributed by atoms with Crippen molar-refractivity contribution in [1.29, 1.82) is 0 Å². The van der Waals surface area contributed by atoms with Gasteiger partial charge >= 0.3 is 0 Å². The first-order valence-corrected chi connectivity index (χ1v) is 8.40. The summed E-state index contributed by atoms with van der Waals surface area (Å²) in [5, 5.41) is 11.3. The highest BCUT2D eigenvalue weighted by atomic mass is 32.2. The fourth-order valence-electron chi connectivity index (χ4n) is 1.71. The van der Waals surface area contributed by atoms with Crippen LogP contribution in [0.15, 0.2) is 27.2 Å². The molecule has 0 spiro atoms. The highest BCUT2D eigenvalue weighted by Gasteiger charge is 2.17. The number of anilines is 1. The lowest BCUT2D eigenvalue weighted by Crippen LogP contribution is -2.32. The van der Waals surface area contributed by atoms with Gasteiger partial charge in [0, 0.05) is 0 Å². The van der Waals surface area contributed by atoms with E-state index in [-0.39, 0.29) is 18.5 Å². The van der Waals surface area contributed by atoms with Crippen LogP contribution in [0.5, 0.6) is 0 Å². The van der Waals surface area contributed by atoms with Crippen molar-refractivity contribution in [3.05, 3.63) is 24.2 Å². The minimum Gasteiger partial charge on any atom is -0.468 e. The van der Waals surface area contributed by atoms with Crippen LogP contribution in [-0.2, 0) is 4.79 Å². The summed E-state index contributed by atoms with van der Waals surface area (Å²) in [6.07, 6.45) is 1.63. The normalized spacial score (nSPS) is 12.6. The second kappa shape index (κ2) is 7.58. The molecule has 8 heteroatoms. The molecule has 0 bridgehead atoms. The Morgan fingerprint density at radius 3 is 3.05 bits per heavy atom. The molecule has 6 nitrogen and oxygen atoms in total. The average Bonchev–Trinajstić information content (AvgIpc) is 3.10. The Morgan fingerprint density at radius 2 is 2.38 bits per heavy atom. The molecule has 1 atom stereocenters. The number of rotatable bonds is 7. The van der Waals surface area contributed by atoms with Gasteiger partial charge in [0.05, 0.1) is 18.8 Å². The Labute approximate surface area is 131 Å². The second-order valence-electron chi connectivity index (χ2n) is 4.46. The predicted molar refractivity (Wildman–Crippen MR) is 84.7 cm³/mol. The van der Waals surface area contributed by atoms with Gasteiger partial charge in [0.25, 0.3) is 0 Å². The van der Waals surface area contributed by atoms with E-state index in [1.54, 1.807) is 18.0 Å². The maximum absolute atomic E-state index is 12.0. The lowest BCUT2D eigenvalue weighted by atomic mass is 10.2. The van der Waals surface area contributed by atoms with Crippen LogP contribution in [0.2, 0.25) is 0 Å². The molecule has 2 aromatic heterocycles. The summed E-state index contributed by atoms with van der Waals surface area (Å²) < 4.78 is 6.22. The fraction of sp³-hybridized carbons (Fsp3) is 0.462. The van der Waals surface area contributed by atoms with E-state index in [2.05, 4.69) is 22.4 Å². The molecule has 114 valence electrons. The summed E-state index contributed by atoms with van der Waals surface area (Å²) in [5.41, 5.74) is 0. The largest absolute Gasteiger partial charge is 0.468 e. The Morgan fingerprint density at radius 1 is 1.57 bits per heavy atom. The van der Waals surface area contributed by atoms with E-state index in [0.29, 0.717) is 5.13 Å². The molecule has 2 aromatic rings. The SMILES string of the molecule is CCSc1nnc(NC(=O)CN(C)C(C)c2ccco2)s1. The van der Waals surface area contributed by atoms with Crippen molar-refractivity contribution in [2.75, 3.05) is 24.7 Å². The summed E-state index contributed by atoms with van der Waals surface area (Å²) in [5.74, 6) is 1.66. The summed E-state index contributed by atoms with van der Waals surface area (Å²) in [6.45, 7) is 4.31. The van der Waals surface area contributed by atoms with Gasteiger partial charge in [-0.05, 0) is 31.9 Å². The van der Waals surface area contributed by atoms with E-state index in [4.69, 9.17) is 4.42 Å². The molecular formula is C13H18N4O2S2. The van der Waals surface area contributed by atoms with Crippen LogP contribution < -0.4 is 5.32 Å². The third-order valence-corrected chi connectivity index (χ3v) is 4.78. The minimum absolute atomic E-state index is 0.0337. The Bertz CT molecular complexity index is 570. The third-order valence-electron chi connectivity index (χ3n) is 2.93. The van der Waals surface area contributed by atoms with Gasteiger partial charge in [-0.3, -0.25) is 15.0 Å². The van der Waals surface area contributed by atoms with E-state index >= 15 is 0 Å². The van der Waals surface area contributed by atoms with Crippen LogP contribution in [0.3, 0.4) is 0 Å². The summed E-state index contributed by atoms with van der Waals surface area (Å²) in [6, 6.07) is 3.78. The Hall–Kier alpha value is -1.38. The van der Waals surface area contributed by atoms with Gasteiger partial charge in [0.1, 0.15) is 5.76 Å². The minimum atomic E-state index is -0.111. The lowest BCUT2D eigenvalue weighted by molar-refractivity contribution is -0.117. The number of likely N-dealkylation sites (N-methyl/N-ethyl adjacent to an activating group) is 1. The number of nitrogens with zero attached hydrogens (tertiary/aromatic N) is 3. The first-order valence-electron chi connectivity index (χ1n) is 6.60. The quantitative estimate of drug-likeness (QED) is 0.623. The lowest BCUT2D eigenvalue weighted by Gasteiger charge is -2.21. The number of amides is 1. The monoisotopic (exact) mass is 326 g/mol. The molecule has 1 unspecified atom stereocenters. The summed E-state index contributed by atoms with van der Waals surface area (Å²) in [4.78, 5) is 13.9. The zero-order valence-electron chi connectivity index (χ0n) is 12.2. The third kappa shape index (κ3) is 4.55. The molecular weight excluding hydrogens is 308 g/mol. The van der Waals surface area contributed by atoms with Crippen molar-refractivity contribution in [2.24, 2.45) is 0 Å². The zero-order chi connectivity index (χ0) is 15.2. The van der Waals surface area contributed by atoms with Crippen molar-refractivity contribution < 1.29 is 9.21 Å². The van der Waals surface area contributed by atoms with E-state index in [0.717, 1.165) is 15.9 Å². The number of hydrogen-bond acceptors (Lipinski definition) is 7. The van der Waals surface area contributed by atoms with Crippen LogP contribution in [0, 0.1) is 0 Å². The van der Waals surface area contributed by atoms with E-state index in [1.165, 1.54) is 11.3 Å². The predicted octanol–water partition coefficient (Wildman–Crippen LogP) is 2.87. The number of aromatic nitrogens is 2. The maximum Gasteiger partial charge on any atom is 0.240 e. The number of carbonyl (C=O) groups excluding carboxylic acids is 1. The van der Waals surface area contributed by atoms with Gasteiger partial charge < -0.3 is 4.42 Å². The van der Waals surface area contributed by atoms with Gasteiger partial charge in [-0.15, -0.1) is 10.2 Å². The van der Waals surface area contributed by atoms with Crippen molar-refractivity contribution in [2.45, 2.75) is 24.2 Å². The van der Waals surface area contributed by atoms with E-state index in [9.17, 15) is 4.79 Å². The molecule has 0 aliphatic heterocycles. The Kier molecular flexibility index (Phi) is 5.77. The number of furan rings is 1. The number of hydrogen-bond donors (Lipinski definition) is 1. The standard InChI is InChI=1S/C13H18N4O2S2/c1-4-20-13-16-15-12(21-13)14-11(18)8-17(3)9(2)10-6-5-7-19-10/h5-7,9H,4,8H2,1-3H3,(H,14,15,18). The van der Waals surface area contributed by atoms with Crippen LogP contribution in [0.25, 0.3) is 0 Å². The molecule has 1 amide bonds. The van der Waals surface area contributed by atoms with Gasteiger partial charge in [-0.25, -0.2) is 0 Å². The summed E-state index contributed by atoms with van der Waals surface area (Å²) >= 11 is 3.00. The zero-order valence-corrected chi connectivity index (χ0v) is 13.8. The number of thioether (sulfide) groups is 1. The van der Waals surface area contributed by atoms with Crippen LogP contribution in [0.4, 0.5) is 5.13 Å². The van der Waals surface area contributed by atoms with Crippen LogP contribution in [-0.4, -0.2) is 40.3 Å². The first-order chi connectivity index (χ1) is 10.1. The molecule has 2 rings (SSSR count). The van der Waals surface area contributed by atoms with E-state index < -0.39 is 0 Å². The number of nitrogens with one attached hydrogen (secondary N) is 1. The molecule has 0 saturated heterocycles. The fourth-order valence-corrected chi connectivity index (χ4v) is 3.38. The van der Waals surface area contributed by atoms with Gasteiger partial charge in [0.2, 0.25) is 11.0 Å². The van der Waals surface area contributed by atoms with Gasteiger partial charge in [0.15, 0.2) is 4.34 Å². The van der Waals surface area contributed by atoms with Crippen molar-refractivity contribution >= 4 is 34.1 Å². The molecule has 0 aliphatic rings. The molecule has 21 heavy (non-hydrogen) atoms. The van der Waals surface area contributed by atoms with Gasteiger partial charge in [-0.1, -0.05) is 30.0 Å². The topological polar surface area (TPSA) is 71.3 Å². The van der Waals surface area contributed by atoms with Crippen molar-refractivity contribution in [3.63, 3.8) is 0 Å². The maximum atomic E-state index is 12.0. The van der Waals surface area contributed by atoms with Crippen molar-refractivity contribution in [1.82, 2.24) is 15.1 Å². The smallest absolute Gasteiger partial charge is 0.240 e. The summed E-state index contributed by atoms with van der Waals surface area (Å²) in [7, 11) is 1.88. The molecule has 0 aromatic carbocycles. The number of carbonyl (C=O) groups is 1. The Balaban J connectivity index is 1.85. The highest BCUT2D eigenvalue weighted by molar-refractivity contribution is 8.01. The molecule has 0 fully saturated rings. The molecule has 1 N–H and O–H groups in total. The second-order valence-corrected chi connectivity index (χ2v) is 6.95.